The SMILES string of the molecule is CCCCCCCCCCCCSc1ccc(-c2ccc(C(=O)O[C@@H](C)C(=O)OCC)cc2)cc1. The topological polar surface area (TPSA) is 52.6 Å². The van der Waals surface area contributed by atoms with Gasteiger partial charge in [-0.2, -0.15) is 0 Å². The van der Waals surface area contributed by atoms with Crippen LogP contribution in [0.25, 0.3) is 11.1 Å². The van der Waals surface area contributed by atoms with E-state index in [2.05, 4.69) is 31.2 Å². The molecule has 5 heteroatoms. The van der Waals surface area contributed by atoms with E-state index in [9.17, 15) is 9.59 Å². The zero-order valence-corrected chi connectivity index (χ0v) is 22.5. The highest BCUT2D eigenvalue weighted by molar-refractivity contribution is 7.99. The lowest BCUT2D eigenvalue weighted by Gasteiger charge is -2.12. The summed E-state index contributed by atoms with van der Waals surface area (Å²) in [6.45, 7) is 5.76. The van der Waals surface area contributed by atoms with Crippen LogP contribution < -0.4 is 0 Å². The summed E-state index contributed by atoms with van der Waals surface area (Å²) in [5, 5.41) is 0. The lowest BCUT2D eigenvalue weighted by atomic mass is 10.0. The van der Waals surface area contributed by atoms with E-state index >= 15 is 0 Å². The van der Waals surface area contributed by atoms with Crippen molar-refractivity contribution >= 4 is 23.7 Å². The fourth-order valence-corrected chi connectivity index (χ4v) is 4.77. The summed E-state index contributed by atoms with van der Waals surface area (Å²) < 4.78 is 10.1. The molecule has 2 aromatic carbocycles. The van der Waals surface area contributed by atoms with Gasteiger partial charge in [0.15, 0.2) is 6.10 Å². The summed E-state index contributed by atoms with van der Waals surface area (Å²) in [7, 11) is 0. The quantitative estimate of drug-likeness (QED) is 0.124. The zero-order chi connectivity index (χ0) is 25.3. The molecule has 0 unspecified atom stereocenters. The molecule has 0 aliphatic carbocycles. The van der Waals surface area contributed by atoms with Gasteiger partial charge in [0, 0.05) is 4.90 Å². The van der Waals surface area contributed by atoms with Crippen LogP contribution in [0.1, 0.15) is 95.3 Å². The van der Waals surface area contributed by atoms with Crippen molar-refractivity contribution in [1.82, 2.24) is 0 Å². The van der Waals surface area contributed by atoms with Gasteiger partial charge in [0.2, 0.25) is 0 Å². The smallest absolute Gasteiger partial charge is 0.347 e. The van der Waals surface area contributed by atoms with Gasteiger partial charge >= 0.3 is 11.9 Å². The monoisotopic (exact) mass is 498 g/mol. The summed E-state index contributed by atoms with van der Waals surface area (Å²) >= 11 is 1.92. The fourth-order valence-electron chi connectivity index (χ4n) is 3.86. The third-order valence-electron chi connectivity index (χ3n) is 5.98. The maximum atomic E-state index is 12.3. The van der Waals surface area contributed by atoms with Gasteiger partial charge in [-0.3, -0.25) is 0 Å². The van der Waals surface area contributed by atoms with Crippen molar-refractivity contribution in [3.63, 3.8) is 0 Å². The van der Waals surface area contributed by atoms with Gasteiger partial charge in [-0.15, -0.1) is 11.8 Å². The predicted molar refractivity (Wildman–Crippen MR) is 146 cm³/mol. The van der Waals surface area contributed by atoms with Crippen LogP contribution in [0.3, 0.4) is 0 Å². The molecule has 1 atom stereocenters. The molecular formula is C30H42O4S. The van der Waals surface area contributed by atoms with Crippen molar-refractivity contribution in [2.45, 2.75) is 96.0 Å². The van der Waals surface area contributed by atoms with E-state index < -0.39 is 18.0 Å². The minimum atomic E-state index is -0.924. The summed E-state index contributed by atoms with van der Waals surface area (Å²) in [4.78, 5) is 25.2. The first kappa shape index (κ1) is 29.0. The Balaban J connectivity index is 1.68. The van der Waals surface area contributed by atoms with Gasteiger partial charge in [-0.1, -0.05) is 89.0 Å². The highest BCUT2D eigenvalue weighted by Gasteiger charge is 2.19. The Kier molecular flexibility index (Phi) is 14.2. The molecule has 0 amide bonds. The minimum absolute atomic E-state index is 0.256. The average Bonchev–Trinajstić information content (AvgIpc) is 2.88. The van der Waals surface area contributed by atoms with Crippen molar-refractivity contribution in [3.05, 3.63) is 54.1 Å². The number of hydrogen-bond donors (Lipinski definition) is 0. The zero-order valence-electron chi connectivity index (χ0n) is 21.7. The van der Waals surface area contributed by atoms with Crippen LogP contribution in [0.4, 0.5) is 0 Å². The lowest BCUT2D eigenvalue weighted by Crippen LogP contribution is -2.26. The number of esters is 2. The standard InChI is InChI=1S/C30H42O4S/c1-4-6-7-8-9-10-11-12-13-14-23-35-28-21-19-26(20-22-28)25-15-17-27(18-16-25)30(32)34-24(3)29(31)33-5-2/h15-22,24H,4-14,23H2,1-3H3/t24-/m0/s1. The Hall–Kier alpha value is -2.27. The van der Waals surface area contributed by atoms with E-state index in [1.54, 1.807) is 19.1 Å². The summed E-state index contributed by atoms with van der Waals surface area (Å²) in [5.41, 5.74) is 2.55. The highest BCUT2D eigenvalue weighted by atomic mass is 32.2. The number of rotatable bonds is 17. The Bertz CT molecular complexity index is 861. The third kappa shape index (κ3) is 11.3. The van der Waals surface area contributed by atoms with E-state index in [1.165, 1.54) is 76.0 Å². The number of ether oxygens (including phenoxy) is 2. The van der Waals surface area contributed by atoms with Gasteiger partial charge in [-0.25, -0.2) is 9.59 Å². The number of thioether (sulfide) groups is 1. The first-order valence-electron chi connectivity index (χ1n) is 13.3. The maximum Gasteiger partial charge on any atom is 0.347 e. The largest absolute Gasteiger partial charge is 0.463 e. The Morgan fingerprint density at radius 3 is 1.80 bits per heavy atom. The molecule has 0 aromatic heterocycles. The second-order valence-corrected chi connectivity index (χ2v) is 10.1. The fraction of sp³-hybridized carbons (Fsp3) is 0.533. The molecule has 0 aliphatic rings. The summed E-state index contributed by atoms with van der Waals surface area (Å²) in [6.07, 6.45) is 12.7. The first-order valence-corrected chi connectivity index (χ1v) is 14.2. The molecule has 0 bridgehead atoms. The van der Waals surface area contributed by atoms with Gasteiger partial charge in [0.05, 0.1) is 12.2 Å². The Labute approximate surface area is 216 Å². The molecule has 0 spiro atoms. The summed E-state index contributed by atoms with van der Waals surface area (Å²) in [6, 6.07) is 15.8. The average molecular weight is 499 g/mol. The van der Waals surface area contributed by atoms with Crippen LogP contribution in [0.15, 0.2) is 53.4 Å². The molecule has 2 aromatic rings. The van der Waals surface area contributed by atoms with E-state index in [0.29, 0.717) is 5.56 Å². The van der Waals surface area contributed by atoms with Crippen LogP contribution in [0.2, 0.25) is 0 Å². The van der Waals surface area contributed by atoms with Crippen LogP contribution in [-0.2, 0) is 14.3 Å². The molecule has 0 saturated carbocycles. The molecule has 0 heterocycles. The number of unbranched alkanes of at least 4 members (excludes halogenated alkanes) is 9. The molecule has 0 aliphatic heterocycles. The third-order valence-corrected chi connectivity index (χ3v) is 7.08. The molecule has 0 radical (unpaired) electrons. The molecule has 4 nitrogen and oxygen atoms in total. The lowest BCUT2D eigenvalue weighted by molar-refractivity contribution is -0.152. The first-order chi connectivity index (χ1) is 17.0. The predicted octanol–water partition coefficient (Wildman–Crippen LogP) is 8.48. The number of benzene rings is 2. The second-order valence-electron chi connectivity index (χ2n) is 8.93. The minimum Gasteiger partial charge on any atom is -0.463 e. The van der Waals surface area contributed by atoms with Crippen molar-refractivity contribution in [2.75, 3.05) is 12.4 Å². The molecule has 0 fully saturated rings. The van der Waals surface area contributed by atoms with Crippen molar-refractivity contribution in [1.29, 1.82) is 0 Å². The van der Waals surface area contributed by atoms with Crippen LogP contribution in [0, 0.1) is 0 Å². The van der Waals surface area contributed by atoms with Gasteiger partial charge < -0.3 is 9.47 Å². The van der Waals surface area contributed by atoms with Crippen molar-refractivity contribution < 1.29 is 19.1 Å². The summed E-state index contributed by atoms with van der Waals surface area (Å²) in [5.74, 6) is 0.0936. The normalized spacial score (nSPS) is 11.7. The van der Waals surface area contributed by atoms with Gasteiger partial charge in [0.1, 0.15) is 0 Å². The molecule has 192 valence electrons. The van der Waals surface area contributed by atoms with E-state index in [4.69, 9.17) is 9.47 Å². The van der Waals surface area contributed by atoms with Crippen LogP contribution in [-0.4, -0.2) is 30.4 Å². The number of carbonyl (C=O) groups excluding carboxylic acids is 2. The van der Waals surface area contributed by atoms with Gasteiger partial charge in [-0.05, 0) is 61.4 Å². The molecule has 0 N–H and O–H groups in total. The Morgan fingerprint density at radius 2 is 1.26 bits per heavy atom. The van der Waals surface area contributed by atoms with Crippen LogP contribution >= 0.6 is 11.8 Å². The molecule has 35 heavy (non-hydrogen) atoms. The van der Waals surface area contributed by atoms with Crippen molar-refractivity contribution in [3.8, 4) is 11.1 Å². The van der Waals surface area contributed by atoms with E-state index in [-0.39, 0.29) is 6.61 Å². The van der Waals surface area contributed by atoms with E-state index in [1.807, 2.05) is 23.9 Å². The number of carbonyl (C=O) groups is 2. The van der Waals surface area contributed by atoms with E-state index in [0.717, 1.165) is 16.9 Å². The second kappa shape index (κ2) is 17.2. The Morgan fingerprint density at radius 1 is 0.743 bits per heavy atom. The molecule has 2 rings (SSSR count). The molecule has 0 saturated heterocycles. The highest BCUT2D eigenvalue weighted by Crippen LogP contribution is 2.26. The van der Waals surface area contributed by atoms with Crippen molar-refractivity contribution in [2.24, 2.45) is 0 Å². The number of hydrogen-bond acceptors (Lipinski definition) is 5. The molecular weight excluding hydrogens is 456 g/mol. The van der Waals surface area contributed by atoms with Gasteiger partial charge in [0.25, 0.3) is 0 Å². The van der Waals surface area contributed by atoms with Crippen LogP contribution in [0.5, 0.6) is 0 Å². The maximum absolute atomic E-state index is 12.3.